The van der Waals surface area contributed by atoms with E-state index in [0.717, 1.165) is 6.54 Å². The van der Waals surface area contributed by atoms with Crippen LogP contribution < -0.4 is 5.32 Å². The number of likely N-dealkylation sites (N-methyl/N-ethyl adjacent to an activating group) is 1. The predicted molar refractivity (Wildman–Crippen MR) is 64.4 cm³/mol. The Morgan fingerprint density at radius 3 is 3.20 bits per heavy atom. The van der Waals surface area contributed by atoms with Gasteiger partial charge in [0.15, 0.2) is 0 Å². The van der Waals surface area contributed by atoms with Gasteiger partial charge in [0.25, 0.3) is 0 Å². The molecule has 0 radical (unpaired) electrons. The minimum atomic E-state index is 0.570. The molecule has 0 amide bonds. The largest absolute Gasteiger partial charge is 0.316 e. The number of likely N-dealkylation sites (tertiary alicyclic amines) is 1. The van der Waals surface area contributed by atoms with Crippen molar-refractivity contribution in [1.82, 2.24) is 15.2 Å². The molecule has 2 unspecified atom stereocenters. The van der Waals surface area contributed by atoms with Crippen LogP contribution in [0.3, 0.4) is 0 Å². The average Bonchev–Trinajstić information content (AvgIpc) is 2.87. The van der Waals surface area contributed by atoms with Crippen molar-refractivity contribution in [1.29, 1.82) is 0 Å². The van der Waals surface area contributed by atoms with Crippen LogP contribution in [0.4, 0.5) is 0 Å². The minimum Gasteiger partial charge on any atom is -0.316 e. The minimum absolute atomic E-state index is 0.570. The highest BCUT2D eigenvalue weighted by Crippen LogP contribution is 2.20. The maximum absolute atomic E-state index is 4.37. The van der Waals surface area contributed by atoms with E-state index in [0.29, 0.717) is 12.0 Å². The Balaban J connectivity index is 1.83. The van der Waals surface area contributed by atoms with Crippen molar-refractivity contribution in [3.05, 3.63) is 16.6 Å². The molecule has 2 atom stereocenters. The number of hydrogen-bond acceptors (Lipinski definition) is 4. The fraction of sp³-hybridized carbons (Fsp3) is 0.727. The molecule has 1 fully saturated rings. The van der Waals surface area contributed by atoms with E-state index < -0.39 is 0 Å². The molecule has 4 heteroatoms. The molecule has 0 spiro atoms. The lowest BCUT2D eigenvalue weighted by Crippen LogP contribution is -2.31. The summed E-state index contributed by atoms with van der Waals surface area (Å²) in [5, 5.41) is 6.68. The molecule has 3 nitrogen and oxygen atoms in total. The lowest BCUT2D eigenvalue weighted by molar-refractivity contribution is 0.312. The number of nitrogens with zero attached hydrogens (tertiary/aromatic N) is 2. The Labute approximate surface area is 95.5 Å². The first-order chi connectivity index (χ1) is 7.29. The molecule has 2 rings (SSSR count). The molecule has 1 aromatic heterocycles. The van der Waals surface area contributed by atoms with Gasteiger partial charge >= 0.3 is 0 Å². The third-order valence-corrected chi connectivity index (χ3v) is 4.09. The molecule has 0 aliphatic carbocycles. The van der Waals surface area contributed by atoms with Crippen LogP contribution in [-0.4, -0.2) is 42.6 Å². The molecule has 1 aliphatic heterocycles. The van der Waals surface area contributed by atoms with E-state index >= 15 is 0 Å². The SMILES string of the molecule is CNC1CCN(CC(C)c2nccs2)C1. The van der Waals surface area contributed by atoms with Gasteiger partial charge in [0.2, 0.25) is 0 Å². The average molecular weight is 225 g/mol. The molecule has 0 saturated carbocycles. The van der Waals surface area contributed by atoms with Crippen molar-refractivity contribution >= 4 is 11.3 Å². The zero-order valence-electron chi connectivity index (χ0n) is 9.44. The van der Waals surface area contributed by atoms with E-state index in [1.807, 2.05) is 6.20 Å². The van der Waals surface area contributed by atoms with Crippen LogP contribution in [0.15, 0.2) is 11.6 Å². The van der Waals surface area contributed by atoms with Crippen molar-refractivity contribution in [3.63, 3.8) is 0 Å². The molecule has 0 aromatic carbocycles. The first-order valence-electron chi connectivity index (χ1n) is 5.58. The topological polar surface area (TPSA) is 28.2 Å². The third-order valence-electron chi connectivity index (χ3n) is 3.09. The Bertz CT molecular complexity index is 286. The predicted octanol–water partition coefficient (Wildman–Crippen LogP) is 1.54. The zero-order valence-corrected chi connectivity index (χ0v) is 10.3. The number of hydrogen-bond donors (Lipinski definition) is 1. The fourth-order valence-electron chi connectivity index (χ4n) is 2.18. The van der Waals surface area contributed by atoms with Crippen LogP contribution in [-0.2, 0) is 0 Å². The second-order valence-electron chi connectivity index (χ2n) is 4.31. The maximum atomic E-state index is 4.37. The molecule has 1 aliphatic rings. The van der Waals surface area contributed by atoms with Gasteiger partial charge in [-0.1, -0.05) is 6.92 Å². The summed E-state index contributed by atoms with van der Waals surface area (Å²) in [6.07, 6.45) is 3.18. The highest BCUT2D eigenvalue weighted by Gasteiger charge is 2.23. The summed E-state index contributed by atoms with van der Waals surface area (Å²) in [6.45, 7) is 5.82. The lowest BCUT2D eigenvalue weighted by Gasteiger charge is -2.19. The lowest BCUT2D eigenvalue weighted by atomic mass is 10.2. The van der Waals surface area contributed by atoms with Gasteiger partial charge in [-0.2, -0.15) is 0 Å². The van der Waals surface area contributed by atoms with Gasteiger partial charge in [0.05, 0.1) is 5.01 Å². The fourth-order valence-corrected chi connectivity index (χ4v) is 2.87. The van der Waals surface area contributed by atoms with Gasteiger partial charge in [0, 0.05) is 36.6 Å². The maximum Gasteiger partial charge on any atom is 0.0965 e. The summed E-state index contributed by atoms with van der Waals surface area (Å²) < 4.78 is 0. The molecule has 1 saturated heterocycles. The van der Waals surface area contributed by atoms with Crippen LogP contribution >= 0.6 is 11.3 Å². The van der Waals surface area contributed by atoms with Crippen LogP contribution in [0.2, 0.25) is 0 Å². The summed E-state index contributed by atoms with van der Waals surface area (Å²) in [5.41, 5.74) is 0. The summed E-state index contributed by atoms with van der Waals surface area (Å²) in [6, 6.07) is 0.688. The van der Waals surface area contributed by atoms with Gasteiger partial charge in [0.1, 0.15) is 0 Å². The van der Waals surface area contributed by atoms with Crippen molar-refractivity contribution in [2.24, 2.45) is 0 Å². The first-order valence-corrected chi connectivity index (χ1v) is 6.46. The van der Waals surface area contributed by atoms with Gasteiger partial charge in [-0.3, -0.25) is 0 Å². The normalized spacial score (nSPS) is 24.5. The first kappa shape index (κ1) is 11.0. The molecule has 84 valence electrons. The standard InChI is InChI=1S/C11H19N3S/c1-9(11-13-4-6-15-11)7-14-5-3-10(8-14)12-2/h4,6,9-10,12H,3,5,7-8H2,1-2H3. The number of nitrogens with one attached hydrogen (secondary N) is 1. The molecule has 0 bridgehead atoms. The van der Waals surface area contributed by atoms with Gasteiger partial charge in [-0.05, 0) is 20.0 Å². The molecule has 1 N–H and O–H groups in total. The van der Waals surface area contributed by atoms with Gasteiger partial charge in [-0.15, -0.1) is 11.3 Å². The molecule has 1 aromatic rings. The monoisotopic (exact) mass is 225 g/mol. The highest BCUT2D eigenvalue weighted by molar-refractivity contribution is 7.09. The van der Waals surface area contributed by atoms with Crippen molar-refractivity contribution in [2.45, 2.75) is 25.3 Å². The van der Waals surface area contributed by atoms with E-state index in [-0.39, 0.29) is 0 Å². The smallest absolute Gasteiger partial charge is 0.0965 e. The van der Waals surface area contributed by atoms with Crippen molar-refractivity contribution < 1.29 is 0 Å². The second-order valence-corrected chi connectivity index (χ2v) is 5.23. The van der Waals surface area contributed by atoms with E-state index in [4.69, 9.17) is 0 Å². The molecular weight excluding hydrogens is 206 g/mol. The van der Waals surface area contributed by atoms with Crippen molar-refractivity contribution in [3.8, 4) is 0 Å². The van der Waals surface area contributed by atoms with Gasteiger partial charge in [-0.25, -0.2) is 4.98 Å². The second kappa shape index (κ2) is 5.05. The highest BCUT2D eigenvalue weighted by atomic mass is 32.1. The van der Waals surface area contributed by atoms with Gasteiger partial charge < -0.3 is 10.2 Å². The van der Waals surface area contributed by atoms with Crippen molar-refractivity contribution in [2.75, 3.05) is 26.7 Å². The van der Waals surface area contributed by atoms with Crippen LogP contribution in [0, 0.1) is 0 Å². The van der Waals surface area contributed by atoms with E-state index in [9.17, 15) is 0 Å². The number of rotatable bonds is 4. The summed E-state index contributed by atoms with van der Waals surface area (Å²) >= 11 is 1.77. The van der Waals surface area contributed by atoms with Crippen LogP contribution in [0.5, 0.6) is 0 Å². The Morgan fingerprint density at radius 2 is 2.60 bits per heavy atom. The number of aromatic nitrogens is 1. The van der Waals surface area contributed by atoms with E-state index in [2.05, 4.69) is 34.6 Å². The Morgan fingerprint density at radius 1 is 1.73 bits per heavy atom. The molecule has 15 heavy (non-hydrogen) atoms. The zero-order chi connectivity index (χ0) is 10.7. The Hall–Kier alpha value is -0.450. The van der Waals surface area contributed by atoms with E-state index in [1.54, 1.807) is 11.3 Å². The third kappa shape index (κ3) is 2.77. The quantitative estimate of drug-likeness (QED) is 0.842. The van der Waals surface area contributed by atoms with Crippen LogP contribution in [0.25, 0.3) is 0 Å². The van der Waals surface area contributed by atoms with E-state index in [1.165, 1.54) is 24.5 Å². The molecule has 2 heterocycles. The summed E-state index contributed by atoms with van der Waals surface area (Å²) in [5.74, 6) is 0.570. The Kier molecular flexibility index (Phi) is 3.72. The summed E-state index contributed by atoms with van der Waals surface area (Å²) in [7, 11) is 2.05. The molecular formula is C11H19N3S. The number of thiazole rings is 1. The summed E-state index contributed by atoms with van der Waals surface area (Å²) in [4.78, 5) is 6.91. The van der Waals surface area contributed by atoms with Crippen LogP contribution in [0.1, 0.15) is 24.3 Å².